The molecule has 0 spiro atoms. The van der Waals surface area contributed by atoms with Crippen LogP contribution in [0.3, 0.4) is 0 Å². The molecule has 0 atom stereocenters. The lowest BCUT2D eigenvalue weighted by molar-refractivity contribution is 0.960. The van der Waals surface area contributed by atoms with E-state index < -0.39 is 0 Å². The Balaban J connectivity index is 1.70. The van der Waals surface area contributed by atoms with E-state index in [0.29, 0.717) is 5.82 Å². The zero-order chi connectivity index (χ0) is 16.8. The van der Waals surface area contributed by atoms with Crippen LogP contribution in [0.15, 0.2) is 36.7 Å². The highest BCUT2D eigenvalue weighted by molar-refractivity contribution is 7.11. The summed E-state index contributed by atoms with van der Waals surface area (Å²) in [6.07, 6.45) is 6.54. The number of pyridine rings is 1. The molecule has 0 aliphatic rings. The predicted molar refractivity (Wildman–Crippen MR) is 98.3 cm³/mol. The van der Waals surface area contributed by atoms with Crippen LogP contribution in [-0.2, 0) is 19.3 Å². The van der Waals surface area contributed by atoms with Gasteiger partial charge < -0.3 is 5.32 Å². The lowest BCUT2D eigenvalue weighted by Crippen LogP contribution is -2.08. The van der Waals surface area contributed by atoms with Gasteiger partial charge in [0.05, 0.1) is 5.01 Å². The van der Waals surface area contributed by atoms with Crippen LogP contribution < -0.4 is 5.32 Å². The fraction of sp³-hybridized carbons (Fsp3) is 0.333. The van der Waals surface area contributed by atoms with Crippen LogP contribution in [0.2, 0.25) is 0 Å². The van der Waals surface area contributed by atoms with E-state index in [2.05, 4.69) is 39.1 Å². The van der Waals surface area contributed by atoms with Crippen molar-refractivity contribution in [3.05, 3.63) is 52.2 Å². The first kappa shape index (κ1) is 16.5. The highest BCUT2D eigenvalue weighted by atomic mass is 32.1. The van der Waals surface area contributed by atoms with Gasteiger partial charge >= 0.3 is 0 Å². The van der Waals surface area contributed by atoms with E-state index in [9.17, 15) is 0 Å². The summed E-state index contributed by atoms with van der Waals surface area (Å²) in [5, 5.41) is 4.55. The highest BCUT2D eigenvalue weighted by Gasteiger charge is 2.07. The SMILES string of the molecule is CCc1cc(NCCc2ncc(CC)s2)nc(-c2ccccn2)n1. The number of rotatable bonds is 7. The Labute approximate surface area is 146 Å². The normalized spacial score (nSPS) is 10.8. The smallest absolute Gasteiger partial charge is 0.180 e. The third kappa shape index (κ3) is 4.14. The molecule has 5 nitrogen and oxygen atoms in total. The molecule has 0 fully saturated rings. The van der Waals surface area contributed by atoms with Gasteiger partial charge in [-0.1, -0.05) is 19.9 Å². The molecule has 0 saturated carbocycles. The molecule has 1 N–H and O–H groups in total. The monoisotopic (exact) mass is 339 g/mol. The number of hydrogen-bond donors (Lipinski definition) is 1. The van der Waals surface area contributed by atoms with Crippen molar-refractivity contribution in [2.45, 2.75) is 33.1 Å². The summed E-state index contributed by atoms with van der Waals surface area (Å²) in [6, 6.07) is 7.78. The van der Waals surface area contributed by atoms with Crippen molar-refractivity contribution in [2.24, 2.45) is 0 Å². The summed E-state index contributed by atoms with van der Waals surface area (Å²) < 4.78 is 0. The van der Waals surface area contributed by atoms with Crippen molar-refractivity contribution >= 4 is 17.2 Å². The molecule has 0 aliphatic heterocycles. The van der Waals surface area contributed by atoms with E-state index >= 15 is 0 Å². The minimum atomic E-state index is 0.667. The van der Waals surface area contributed by atoms with Crippen molar-refractivity contribution in [2.75, 3.05) is 11.9 Å². The summed E-state index contributed by atoms with van der Waals surface area (Å²) in [5.41, 5.74) is 1.80. The molecule has 0 bridgehead atoms. The minimum absolute atomic E-state index is 0.667. The van der Waals surface area contributed by atoms with Crippen molar-refractivity contribution in [1.82, 2.24) is 19.9 Å². The molecule has 124 valence electrons. The Hall–Kier alpha value is -2.34. The molecule has 0 amide bonds. The fourth-order valence-corrected chi connectivity index (χ4v) is 3.17. The maximum atomic E-state index is 4.60. The van der Waals surface area contributed by atoms with Gasteiger partial charge in [0, 0.05) is 42.0 Å². The Kier molecular flexibility index (Phi) is 5.48. The zero-order valence-electron chi connectivity index (χ0n) is 14.0. The summed E-state index contributed by atoms with van der Waals surface area (Å²) in [5.74, 6) is 1.51. The molecule has 24 heavy (non-hydrogen) atoms. The summed E-state index contributed by atoms with van der Waals surface area (Å²) in [4.78, 5) is 19.3. The molecular formula is C18H21N5S. The number of aromatic nitrogens is 4. The van der Waals surface area contributed by atoms with Gasteiger partial charge in [0.15, 0.2) is 5.82 Å². The zero-order valence-corrected chi connectivity index (χ0v) is 14.8. The highest BCUT2D eigenvalue weighted by Crippen LogP contribution is 2.17. The Morgan fingerprint density at radius 2 is 2.00 bits per heavy atom. The van der Waals surface area contributed by atoms with E-state index in [1.54, 1.807) is 17.5 Å². The summed E-state index contributed by atoms with van der Waals surface area (Å²) in [7, 11) is 0. The van der Waals surface area contributed by atoms with Gasteiger partial charge in [0.25, 0.3) is 0 Å². The van der Waals surface area contributed by atoms with Gasteiger partial charge in [-0.15, -0.1) is 11.3 Å². The Morgan fingerprint density at radius 1 is 1.08 bits per heavy atom. The number of aryl methyl sites for hydroxylation is 2. The van der Waals surface area contributed by atoms with Gasteiger partial charge in [-0.2, -0.15) is 0 Å². The maximum Gasteiger partial charge on any atom is 0.180 e. The molecule has 0 radical (unpaired) electrons. The molecule has 0 unspecified atom stereocenters. The predicted octanol–water partition coefficient (Wildman–Crippen LogP) is 3.77. The van der Waals surface area contributed by atoms with Crippen LogP contribution >= 0.6 is 11.3 Å². The van der Waals surface area contributed by atoms with Crippen molar-refractivity contribution in [1.29, 1.82) is 0 Å². The number of nitrogens with zero attached hydrogens (tertiary/aromatic N) is 4. The van der Waals surface area contributed by atoms with Crippen LogP contribution in [0.1, 0.15) is 29.4 Å². The van der Waals surface area contributed by atoms with E-state index in [1.165, 1.54) is 4.88 Å². The molecule has 0 aliphatic carbocycles. The van der Waals surface area contributed by atoms with Crippen LogP contribution in [-0.4, -0.2) is 26.5 Å². The summed E-state index contributed by atoms with van der Waals surface area (Å²) in [6.45, 7) is 5.05. The van der Waals surface area contributed by atoms with Crippen molar-refractivity contribution in [3.63, 3.8) is 0 Å². The molecule has 3 rings (SSSR count). The number of nitrogens with one attached hydrogen (secondary N) is 1. The van der Waals surface area contributed by atoms with E-state index in [-0.39, 0.29) is 0 Å². The third-order valence-corrected chi connectivity index (χ3v) is 4.83. The third-order valence-electron chi connectivity index (χ3n) is 3.63. The molecular weight excluding hydrogens is 318 g/mol. The van der Waals surface area contributed by atoms with Crippen LogP contribution in [0.5, 0.6) is 0 Å². The average Bonchev–Trinajstić information content (AvgIpc) is 3.10. The lowest BCUT2D eigenvalue weighted by atomic mass is 10.2. The van der Waals surface area contributed by atoms with Crippen molar-refractivity contribution in [3.8, 4) is 11.5 Å². The molecule has 3 aromatic rings. The Morgan fingerprint density at radius 3 is 2.71 bits per heavy atom. The number of hydrogen-bond acceptors (Lipinski definition) is 6. The first-order valence-electron chi connectivity index (χ1n) is 8.25. The van der Waals surface area contributed by atoms with Gasteiger partial charge in [0.1, 0.15) is 11.5 Å². The second kappa shape index (κ2) is 7.97. The minimum Gasteiger partial charge on any atom is -0.370 e. The molecule has 3 heterocycles. The van der Waals surface area contributed by atoms with Gasteiger partial charge in [-0.3, -0.25) is 4.98 Å². The molecule has 0 saturated heterocycles. The number of anilines is 1. The van der Waals surface area contributed by atoms with E-state index in [0.717, 1.165) is 48.0 Å². The first-order chi connectivity index (χ1) is 11.8. The van der Waals surface area contributed by atoms with Crippen LogP contribution in [0.4, 0.5) is 5.82 Å². The maximum absolute atomic E-state index is 4.60. The average molecular weight is 339 g/mol. The lowest BCUT2D eigenvalue weighted by Gasteiger charge is -2.08. The fourth-order valence-electron chi connectivity index (χ4n) is 2.30. The topological polar surface area (TPSA) is 63.6 Å². The van der Waals surface area contributed by atoms with Crippen LogP contribution in [0, 0.1) is 0 Å². The van der Waals surface area contributed by atoms with Crippen molar-refractivity contribution < 1.29 is 0 Å². The van der Waals surface area contributed by atoms with Gasteiger partial charge in [0.2, 0.25) is 0 Å². The Bertz CT molecular complexity index is 785. The second-order valence-electron chi connectivity index (χ2n) is 5.39. The van der Waals surface area contributed by atoms with Gasteiger partial charge in [-0.05, 0) is 25.0 Å². The molecule has 3 aromatic heterocycles. The second-order valence-corrected chi connectivity index (χ2v) is 6.59. The first-order valence-corrected chi connectivity index (χ1v) is 9.07. The van der Waals surface area contributed by atoms with E-state index in [4.69, 9.17) is 0 Å². The molecule has 0 aromatic carbocycles. The largest absolute Gasteiger partial charge is 0.370 e. The molecule has 6 heteroatoms. The van der Waals surface area contributed by atoms with Crippen LogP contribution in [0.25, 0.3) is 11.5 Å². The van der Waals surface area contributed by atoms with E-state index in [1.807, 2.05) is 30.5 Å². The van der Waals surface area contributed by atoms with Gasteiger partial charge in [-0.25, -0.2) is 15.0 Å². The standard InChI is InChI=1S/C18H21N5S/c1-3-13-11-16(20-10-8-17-21-12-14(4-2)24-17)23-18(22-13)15-7-5-6-9-19-15/h5-7,9,11-12H,3-4,8,10H2,1-2H3,(H,20,22,23). The quantitative estimate of drug-likeness (QED) is 0.710. The summed E-state index contributed by atoms with van der Waals surface area (Å²) >= 11 is 1.78. The number of thiazole rings is 1.